The molecule has 2 aromatic rings. The molecule has 0 atom stereocenters. The van der Waals surface area contributed by atoms with Crippen LogP contribution in [0.5, 0.6) is 0 Å². The summed E-state index contributed by atoms with van der Waals surface area (Å²) >= 11 is 16.7. The van der Waals surface area contributed by atoms with Gasteiger partial charge in [0.2, 0.25) is 0 Å². The molecule has 0 aliphatic rings. The maximum Gasteiger partial charge on any atom is 0.257 e. The largest absolute Gasteiger partial charge is 0.545 e. The van der Waals surface area contributed by atoms with Crippen LogP contribution in [0.1, 0.15) is 20.7 Å². The standard InChI is InChI=1S/C15H10Cl2N2O3S/c16-11-6-3-9(7-12(11)17)13(20)19-15(23)18-10-4-1-8(2-5-10)14(21)22/h1-7H,(H,21,22)(H2,18,19,20,23)/p-1. The van der Waals surface area contributed by atoms with Crippen molar-refractivity contribution in [2.45, 2.75) is 0 Å². The van der Waals surface area contributed by atoms with Crippen molar-refractivity contribution in [3.63, 3.8) is 0 Å². The second-order valence-electron chi connectivity index (χ2n) is 4.40. The van der Waals surface area contributed by atoms with Crippen molar-refractivity contribution in [1.82, 2.24) is 5.32 Å². The number of carbonyl (C=O) groups is 2. The van der Waals surface area contributed by atoms with Gasteiger partial charge in [-0.25, -0.2) is 0 Å². The SMILES string of the molecule is O=C([O-])c1ccc(NC(=S)NC(=O)c2ccc(Cl)c(Cl)c2)cc1. The number of hydrogen-bond donors (Lipinski definition) is 2. The van der Waals surface area contributed by atoms with Gasteiger partial charge in [0.1, 0.15) is 0 Å². The lowest BCUT2D eigenvalue weighted by atomic mass is 10.2. The number of anilines is 1. The monoisotopic (exact) mass is 367 g/mol. The molecule has 0 saturated carbocycles. The molecule has 0 aliphatic heterocycles. The van der Waals surface area contributed by atoms with E-state index in [1.165, 1.54) is 42.5 Å². The Bertz CT molecular complexity index is 779. The van der Waals surface area contributed by atoms with Crippen LogP contribution in [0, 0.1) is 0 Å². The van der Waals surface area contributed by atoms with Gasteiger partial charge >= 0.3 is 0 Å². The first kappa shape index (κ1) is 17.2. The van der Waals surface area contributed by atoms with Crippen molar-refractivity contribution in [3.05, 3.63) is 63.6 Å². The highest BCUT2D eigenvalue weighted by Crippen LogP contribution is 2.22. The van der Waals surface area contributed by atoms with E-state index in [-0.39, 0.29) is 15.7 Å². The lowest BCUT2D eigenvalue weighted by molar-refractivity contribution is -0.255. The second-order valence-corrected chi connectivity index (χ2v) is 5.62. The highest BCUT2D eigenvalue weighted by atomic mass is 35.5. The normalized spacial score (nSPS) is 10.0. The number of nitrogens with one attached hydrogen (secondary N) is 2. The van der Waals surface area contributed by atoms with Crippen molar-refractivity contribution >= 4 is 58.1 Å². The first-order valence-electron chi connectivity index (χ1n) is 6.25. The fourth-order valence-electron chi connectivity index (χ4n) is 1.66. The molecular formula is C15H9Cl2N2O3S-. The van der Waals surface area contributed by atoms with Crippen LogP contribution in [0.25, 0.3) is 0 Å². The fraction of sp³-hybridized carbons (Fsp3) is 0. The molecule has 0 heterocycles. The van der Waals surface area contributed by atoms with Crippen LogP contribution in [0.15, 0.2) is 42.5 Å². The van der Waals surface area contributed by atoms with Gasteiger partial charge in [-0.1, -0.05) is 35.3 Å². The molecule has 0 saturated heterocycles. The Morgan fingerprint density at radius 2 is 1.57 bits per heavy atom. The van der Waals surface area contributed by atoms with Gasteiger partial charge in [-0.3, -0.25) is 10.1 Å². The van der Waals surface area contributed by atoms with E-state index < -0.39 is 11.9 Å². The summed E-state index contributed by atoms with van der Waals surface area (Å²) in [4.78, 5) is 22.7. The van der Waals surface area contributed by atoms with E-state index in [2.05, 4.69) is 10.6 Å². The summed E-state index contributed by atoms with van der Waals surface area (Å²) in [5.74, 6) is -1.72. The van der Waals surface area contributed by atoms with Gasteiger partial charge in [-0.15, -0.1) is 0 Å². The third-order valence-electron chi connectivity index (χ3n) is 2.79. The molecule has 1 amide bonds. The molecule has 0 unspecified atom stereocenters. The number of rotatable bonds is 3. The van der Waals surface area contributed by atoms with Crippen molar-refractivity contribution in [1.29, 1.82) is 0 Å². The van der Waals surface area contributed by atoms with Gasteiger partial charge < -0.3 is 15.2 Å². The van der Waals surface area contributed by atoms with Crippen LogP contribution in [0.3, 0.4) is 0 Å². The van der Waals surface area contributed by atoms with E-state index >= 15 is 0 Å². The summed E-state index contributed by atoms with van der Waals surface area (Å²) < 4.78 is 0. The van der Waals surface area contributed by atoms with Gasteiger partial charge in [0.25, 0.3) is 5.91 Å². The summed E-state index contributed by atoms with van der Waals surface area (Å²) in [5.41, 5.74) is 0.867. The van der Waals surface area contributed by atoms with E-state index in [4.69, 9.17) is 35.4 Å². The van der Waals surface area contributed by atoms with Crippen LogP contribution in [0.4, 0.5) is 5.69 Å². The topological polar surface area (TPSA) is 81.3 Å². The predicted molar refractivity (Wildman–Crippen MR) is 90.9 cm³/mol. The zero-order valence-corrected chi connectivity index (χ0v) is 13.8. The maximum atomic E-state index is 12.0. The van der Waals surface area contributed by atoms with Crippen LogP contribution in [-0.2, 0) is 0 Å². The summed E-state index contributed by atoms with van der Waals surface area (Å²) in [6.07, 6.45) is 0. The Labute approximate surface area is 147 Å². The highest BCUT2D eigenvalue weighted by Gasteiger charge is 2.10. The van der Waals surface area contributed by atoms with E-state index in [1.807, 2.05) is 0 Å². The summed E-state index contributed by atoms with van der Waals surface area (Å²) in [7, 11) is 0. The van der Waals surface area contributed by atoms with Gasteiger partial charge in [0.05, 0.1) is 16.0 Å². The number of thiocarbonyl (C=S) groups is 1. The molecule has 0 aromatic heterocycles. The smallest absolute Gasteiger partial charge is 0.257 e. The Kier molecular flexibility index (Phi) is 5.54. The molecule has 2 aromatic carbocycles. The quantitative estimate of drug-likeness (QED) is 0.814. The maximum absolute atomic E-state index is 12.0. The second kappa shape index (κ2) is 7.41. The Balaban J connectivity index is 1.99. The van der Waals surface area contributed by atoms with Crippen molar-refractivity contribution in [3.8, 4) is 0 Å². The minimum atomic E-state index is -1.27. The number of carboxylic acid groups (broad SMARTS) is 1. The Morgan fingerprint density at radius 3 is 2.13 bits per heavy atom. The van der Waals surface area contributed by atoms with Crippen LogP contribution >= 0.6 is 35.4 Å². The van der Waals surface area contributed by atoms with Gasteiger partial charge in [0.15, 0.2) is 5.11 Å². The zero-order valence-electron chi connectivity index (χ0n) is 11.4. The average molecular weight is 368 g/mol. The molecule has 5 nitrogen and oxygen atoms in total. The first-order chi connectivity index (χ1) is 10.9. The molecular weight excluding hydrogens is 359 g/mol. The van der Waals surface area contributed by atoms with Crippen molar-refractivity contribution < 1.29 is 14.7 Å². The lowest BCUT2D eigenvalue weighted by Crippen LogP contribution is -2.34. The van der Waals surface area contributed by atoms with E-state index in [0.29, 0.717) is 16.3 Å². The molecule has 118 valence electrons. The van der Waals surface area contributed by atoms with E-state index in [9.17, 15) is 14.7 Å². The van der Waals surface area contributed by atoms with Crippen molar-refractivity contribution in [2.24, 2.45) is 0 Å². The molecule has 2 N–H and O–H groups in total. The summed E-state index contributed by atoms with van der Waals surface area (Å²) in [6, 6.07) is 10.2. The van der Waals surface area contributed by atoms with Gasteiger partial charge in [-0.2, -0.15) is 0 Å². The molecule has 2 rings (SSSR count). The zero-order chi connectivity index (χ0) is 17.0. The molecule has 0 bridgehead atoms. The van der Waals surface area contributed by atoms with Gasteiger partial charge in [-0.05, 0) is 48.1 Å². The van der Waals surface area contributed by atoms with Crippen LogP contribution in [0.2, 0.25) is 10.0 Å². The number of carbonyl (C=O) groups excluding carboxylic acids is 2. The minimum absolute atomic E-state index is 0.0429. The summed E-state index contributed by atoms with van der Waals surface area (Å²) in [6.45, 7) is 0. The predicted octanol–water partition coefficient (Wildman–Crippen LogP) is 2.48. The van der Waals surface area contributed by atoms with Crippen LogP contribution in [-0.4, -0.2) is 17.0 Å². The third-order valence-corrected chi connectivity index (χ3v) is 3.73. The number of carboxylic acids is 1. The molecule has 0 fully saturated rings. The number of halogens is 2. The number of benzene rings is 2. The van der Waals surface area contributed by atoms with Crippen molar-refractivity contribution in [2.75, 3.05) is 5.32 Å². The minimum Gasteiger partial charge on any atom is -0.545 e. The summed E-state index contributed by atoms with van der Waals surface area (Å²) in [5, 5.41) is 16.6. The molecule has 0 spiro atoms. The van der Waals surface area contributed by atoms with Crippen LogP contribution < -0.4 is 15.7 Å². The van der Waals surface area contributed by atoms with Gasteiger partial charge in [0, 0.05) is 11.3 Å². The Hall–Kier alpha value is -2.15. The number of aromatic carboxylic acids is 1. The average Bonchev–Trinajstić information content (AvgIpc) is 2.50. The fourth-order valence-corrected chi connectivity index (χ4v) is 2.17. The molecule has 0 aliphatic carbocycles. The Morgan fingerprint density at radius 1 is 0.957 bits per heavy atom. The number of amides is 1. The first-order valence-corrected chi connectivity index (χ1v) is 7.42. The molecule has 23 heavy (non-hydrogen) atoms. The van der Waals surface area contributed by atoms with E-state index in [1.54, 1.807) is 0 Å². The lowest BCUT2D eigenvalue weighted by Gasteiger charge is -2.11. The molecule has 0 radical (unpaired) electrons. The van der Waals surface area contributed by atoms with E-state index in [0.717, 1.165) is 0 Å². The third kappa shape index (κ3) is 4.66. The highest BCUT2D eigenvalue weighted by molar-refractivity contribution is 7.80. The molecule has 8 heteroatoms. The number of hydrogen-bond acceptors (Lipinski definition) is 4.